The van der Waals surface area contributed by atoms with E-state index in [0.29, 0.717) is 24.7 Å². The molecule has 1 aliphatic rings. The number of nitrogens with two attached hydrogens (primary N) is 1. The lowest BCUT2D eigenvalue weighted by Gasteiger charge is -2.23. The highest BCUT2D eigenvalue weighted by Crippen LogP contribution is 2.31. The Morgan fingerprint density at radius 2 is 2.08 bits per heavy atom. The fraction of sp³-hybridized carbons (Fsp3) is 0.333. The number of nitrogens with zero attached hydrogens (tertiary/aromatic N) is 2. The quantitative estimate of drug-likeness (QED) is 0.872. The van der Waals surface area contributed by atoms with Crippen molar-refractivity contribution in [2.45, 2.75) is 32.0 Å². The highest BCUT2D eigenvalue weighted by molar-refractivity contribution is 5.94. The van der Waals surface area contributed by atoms with Crippen LogP contribution in [0.5, 0.6) is 5.75 Å². The molecule has 1 aromatic heterocycles. The van der Waals surface area contributed by atoms with Gasteiger partial charge in [-0.05, 0) is 31.0 Å². The molecule has 1 saturated carbocycles. The third-order valence-corrected chi connectivity index (χ3v) is 4.05. The summed E-state index contributed by atoms with van der Waals surface area (Å²) < 4.78 is 5.40. The summed E-state index contributed by atoms with van der Waals surface area (Å²) in [5, 5.41) is 0. The summed E-state index contributed by atoms with van der Waals surface area (Å²) in [7, 11) is 1.65. The van der Waals surface area contributed by atoms with Gasteiger partial charge in [0, 0.05) is 36.5 Å². The molecule has 0 atom stereocenters. The lowest BCUT2D eigenvalue weighted by molar-refractivity contribution is 0.0728. The molecule has 0 unspecified atom stereocenters. The number of benzene rings is 1. The maximum atomic E-state index is 12.9. The van der Waals surface area contributed by atoms with Gasteiger partial charge in [0.1, 0.15) is 5.75 Å². The molecule has 128 valence electrons. The van der Waals surface area contributed by atoms with Gasteiger partial charge in [0.25, 0.3) is 5.91 Å². The Morgan fingerprint density at radius 1 is 1.33 bits per heavy atom. The molecular weight excluding hydrogens is 326 g/mol. The Morgan fingerprint density at radius 3 is 2.75 bits per heavy atom. The second-order valence-corrected chi connectivity index (χ2v) is 5.72. The van der Waals surface area contributed by atoms with Crippen LogP contribution in [0.25, 0.3) is 0 Å². The molecule has 24 heavy (non-hydrogen) atoms. The number of amides is 1. The summed E-state index contributed by atoms with van der Waals surface area (Å²) in [5.74, 6) is 0.832. The van der Waals surface area contributed by atoms with E-state index in [1.807, 2.05) is 29.2 Å². The van der Waals surface area contributed by atoms with Crippen molar-refractivity contribution in [3.05, 3.63) is 59.4 Å². The molecule has 5 nitrogen and oxygen atoms in total. The maximum Gasteiger partial charge on any atom is 0.254 e. The smallest absolute Gasteiger partial charge is 0.254 e. The van der Waals surface area contributed by atoms with Crippen LogP contribution in [0, 0.1) is 0 Å². The van der Waals surface area contributed by atoms with Crippen molar-refractivity contribution < 1.29 is 9.53 Å². The molecule has 0 radical (unpaired) electrons. The van der Waals surface area contributed by atoms with E-state index < -0.39 is 0 Å². The average molecular weight is 348 g/mol. The molecule has 0 aliphatic heterocycles. The normalized spacial score (nSPS) is 13.1. The predicted octanol–water partition coefficient (Wildman–Crippen LogP) is 2.78. The Bertz CT molecular complexity index is 704. The van der Waals surface area contributed by atoms with Crippen LogP contribution >= 0.6 is 12.4 Å². The first-order valence-electron chi connectivity index (χ1n) is 7.80. The van der Waals surface area contributed by atoms with Gasteiger partial charge in [0.2, 0.25) is 0 Å². The second-order valence-electron chi connectivity index (χ2n) is 5.72. The van der Waals surface area contributed by atoms with E-state index in [2.05, 4.69) is 4.98 Å². The predicted molar refractivity (Wildman–Crippen MR) is 95.3 cm³/mol. The topological polar surface area (TPSA) is 68.5 Å². The van der Waals surface area contributed by atoms with E-state index in [-0.39, 0.29) is 18.3 Å². The first-order valence-corrected chi connectivity index (χ1v) is 7.80. The summed E-state index contributed by atoms with van der Waals surface area (Å²) in [6, 6.07) is 11.7. The first-order chi connectivity index (χ1) is 11.2. The van der Waals surface area contributed by atoms with E-state index in [1.165, 1.54) is 0 Å². The number of aromatic nitrogens is 1. The molecule has 0 bridgehead atoms. The maximum absolute atomic E-state index is 12.9. The standard InChI is InChI=1S/C18H21N3O2.ClH/c1-23-17-5-3-2-4-14(17)12-21(16-6-7-16)18(22)13-8-9-20-15(10-13)11-19;/h2-5,8-10,16H,6-7,11-12,19H2,1H3;1H. The Kier molecular flexibility index (Phi) is 6.17. The van der Waals surface area contributed by atoms with E-state index in [9.17, 15) is 4.79 Å². The number of hydrogen-bond acceptors (Lipinski definition) is 4. The number of carbonyl (C=O) groups is 1. The molecule has 3 rings (SSSR count). The average Bonchev–Trinajstić information content (AvgIpc) is 3.44. The molecule has 1 aromatic carbocycles. The second kappa shape index (κ2) is 8.13. The summed E-state index contributed by atoms with van der Waals surface area (Å²) in [6.45, 7) is 0.880. The molecule has 2 aromatic rings. The fourth-order valence-electron chi connectivity index (χ4n) is 2.66. The zero-order valence-electron chi connectivity index (χ0n) is 13.6. The van der Waals surface area contributed by atoms with Crippen molar-refractivity contribution in [1.82, 2.24) is 9.88 Å². The van der Waals surface area contributed by atoms with Crippen LogP contribution in [0.4, 0.5) is 0 Å². The largest absolute Gasteiger partial charge is 0.496 e. The molecule has 0 spiro atoms. The number of halogens is 1. The summed E-state index contributed by atoms with van der Waals surface area (Å²) in [6.07, 6.45) is 3.75. The third-order valence-electron chi connectivity index (χ3n) is 4.05. The zero-order chi connectivity index (χ0) is 16.2. The van der Waals surface area contributed by atoms with Crippen LogP contribution in [0.15, 0.2) is 42.6 Å². The molecule has 0 saturated heterocycles. The molecule has 6 heteroatoms. The van der Waals surface area contributed by atoms with Crippen LogP contribution in [0.1, 0.15) is 34.5 Å². The van der Waals surface area contributed by atoms with Crippen LogP contribution in [0.2, 0.25) is 0 Å². The van der Waals surface area contributed by atoms with E-state index in [1.54, 1.807) is 25.4 Å². The van der Waals surface area contributed by atoms with Crippen molar-refractivity contribution in [2.75, 3.05) is 7.11 Å². The number of carbonyl (C=O) groups excluding carboxylic acids is 1. The Balaban J connectivity index is 0.00000208. The molecule has 2 N–H and O–H groups in total. The number of methoxy groups -OCH3 is 1. The summed E-state index contributed by atoms with van der Waals surface area (Å²) >= 11 is 0. The summed E-state index contributed by atoms with van der Waals surface area (Å²) in [4.78, 5) is 19.0. The van der Waals surface area contributed by atoms with Gasteiger partial charge in [-0.1, -0.05) is 18.2 Å². The number of para-hydroxylation sites is 1. The van der Waals surface area contributed by atoms with Crippen LogP contribution in [0.3, 0.4) is 0 Å². The zero-order valence-corrected chi connectivity index (χ0v) is 14.5. The third kappa shape index (κ3) is 4.04. The van der Waals surface area contributed by atoms with Crippen molar-refractivity contribution in [1.29, 1.82) is 0 Å². The van der Waals surface area contributed by atoms with Crippen molar-refractivity contribution >= 4 is 18.3 Å². The number of ether oxygens (including phenoxy) is 1. The number of rotatable bonds is 6. The van der Waals surface area contributed by atoms with Crippen LogP contribution < -0.4 is 10.5 Å². The van der Waals surface area contributed by atoms with Crippen molar-refractivity contribution in [3.8, 4) is 5.75 Å². The van der Waals surface area contributed by atoms with Gasteiger partial charge in [-0.25, -0.2) is 0 Å². The van der Waals surface area contributed by atoms with Crippen molar-refractivity contribution in [3.63, 3.8) is 0 Å². The van der Waals surface area contributed by atoms with E-state index >= 15 is 0 Å². The molecule has 1 aliphatic carbocycles. The highest BCUT2D eigenvalue weighted by atomic mass is 35.5. The van der Waals surface area contributed by atoms with Gasteiger partial charge in [-0.15, -0.1) is 12.4 Å². The number of pyridine rings is 1. The first kappa shape index (κ1) is 18.2. The Hall–Kier alpha value is -2.11. The summed E-state index contributed by atoms with van der Waals surface area (Å²) in [5.41, 5.74) is 8.01. The minimum Gasteiger partial charge on any atom is -0.496 e. The number of hydrogen-bond donors (Lipinski definition) is 1. The van der Waals surface area contributed by atoms with Crippen molar-refractivity contribution in [2.24, 2.45) is 5.73 Å². The monoisotopic (exact) mass is 347 g/mol. The fourth-order valence-corrected chi connectivity index (χ4v) is 2.66. The van der Waals surface area contributed by atoms with Crippen LogP contribution in [-0.4, -0.2) is 28.9 Å². The van der Waals surface area contributed by atoms with Gasteiger partial charge >= 0.3 is 0 Å². The van der Waals surface area contributed by atoms with Gasteiger partial charge < -0.3 is 15.4 Å². The van der Waals surface area contributed by atoms with Gasteiger partial charge in [-0.2, -0.15) is 0 Å². The molecular formula is C18H22ClN3O2. The lowest BCUT2D eigenvalue weighted by Crippen LogP contribution is -2.32. The minimum absolute atomic E-state index is 0. The lowest BCUT2D eigenvalue weighted by atomic mass is 10.1. The highest BCUT2D eigenvalue weighted by Gasteiger charge is 2.33. The molecule has 1 heterocycles. The van der Waals surface area contributed by atoms with Gasteiger partial charge in [0.05, 0.1) is 12.8 Å². The molecule has 1 amide bonds. The van der Waals surface area contributed by atoms with Gasteiger partial charge in [-0.3, -0.25) is 9.78 Å². The molecule has 1 fully saturated rings. The van der Waals surface area contributed by atoms with E-state index in [4.69, 9.17) is 10.5 Å². The SMILES string of the molecule is COc1ccccc1CN(C(=O)c1ccnc(CN)c1)C1CC1.Cl. The van der Waals surface area contributed by atoms with Gasteiger partial charge in [0.15, 0.2) is 0 Å². The Labute approximate surface area is 148 Å². The van der Waals surface area contributed by atoms with E-state index in [0.717, 1.165) is 29.8 Å². The van der Waals surface area contributed by atoms with Crippen LogP contribution in [-0.2, 0) is 13.1 Å². The minimum atomic E-state index is 0.